The molecule has 0 radical (unpaired) electrons. The third kappa shape index (κ3) is 5.26. The van der Waals surface area contributed by atoms with E-state index < -0.39 is 5.60 Å². The topological polar surface area (TPSA) is 71.3 Å². The van der Waals surface area contributed by atoms with Gasteiger partial charge >= 0.3 is 0 Å². The number of pyridine rings is 1. The molecule has 5 nitrogen and oxygen atoms in total. The van der Waals surface area contributed by atoms with Gasteiger partial charge in [-0.2, -0.15) is 0 Å². The minimum atomic E-state index is -0.982. The summed E-state index contributed by atoms with van der Waals surface area (Å²) in [7, 11) is 0. The normalized spacial score (nSPS) is 11.7. The highest BCUT2D eigenvalue weighted by atomic mass is 16.3. The number of nitrogens with zero attached hydrogens (tertiary/aromatic N) is 1. The first-order chi connectivity index (χ1) is 8.69. The SMILES string of the molecule is CC(C)CC(=O)Nc1cccn(CC(C)(C)O)c1=O. The lowest BCUT2D eigenvalue weighted by atomic mass is 10.1. The number of hydrogen-bond acceptors (Lipinski definition) is 3. The fraction of sp³-hybridized carbons (Fsp3) is 0.571. The molecule has 0 bridgehead atoms. The Morgan fingerprint density at radius 3 is 2.63 bits per heavy atom. The van der Waals surface area contributed by atoms with E-state index in [4.69, 9.17) is 0 Å². The minimum Gasteiger partial charge on any atom is -0.389 e. The lowest BCUT2D eigenvalue weighted by molar-refractivity contribution is -0.116. The van der Waals surface area contributed by atoms with E-state index in [2.05, 4.69) is 5.32 Å². The lowest BCUT2D eigenvalue weighted by Crippen LogP contribution is -2.34. The van der Waals surface area contributed by atoms with E-state index in [0.29, 0.717) is 6.42 Å². The fourth-order valence-electron chi connectivity index (χ4n) is 1.75. The Hall–Kier alpha value is -1.62. The van der Waals surface area contributed by atoms with Crippen LogP contribution in [0.4, 0.5) is 5.69 Å². The van der Waals surface area contributed by atoms with Crippen LogP contribution in [0.2, 0.25) is 0 Å². The van der Waals surface area contributed by atoms with Crippen LogP contribution in [0.15, 0.2) is 23.1 Å². The average molecular weight is 266 g/mol. The number of aliphatic hydroxyl groups is 1. The number of carbonyl (C=O) groups excluding carboxylic acids is 1. The second-order valence-electron chi connectivity index (χ2n) is 5.81. The summed E-state index contributed by atoms with van der Waals surface area (Å²) >= 11 is 0. The van der Waals surface area contributed by atoms with Gasteiger partial charge in [0.25, 0.3) is 5.56 Å². The molecule has 106 valence electrons. The first-order valence-corrected chi connectivity index (χ1v) is 6.41. The van der Waals surface area contributed by atoms with Crippen LogP contribution in [0, 0.1) is 5.92 Å². The summed E-state index contributed by atoms with van der Waals surface area (Å²) in [5.74, 6) is 0.0652. The maximum atomic E-state index is 12.1. The van der Waals surface area contributed by atoms with Gasteiger partial charge in [0.1, 0.15) is 5.69 Å². The molecule has 0 spiro atoms. The predicted octanol–water partition coefficient (Wildman–Crippen LogP) is 1.60. The molecule has 0 fully saturated rings. The zero-order valence-electron chi connectivity index (χ0n) is 11.9. The summed E-state index contributed by atoms with van der Waals surface area (Å²) in [5.41, 5.74) is -1.04. The molecule has 0 saturated heterocycles. The summed E-state index contributed by atoms with van der Waals surface area (Å²) in [6.45, 7) is 7.32. The van der Waals surface area contributed by atoms with E-state index >= 15 is 0 Å². The molecule has 1 aromatic heterocycles. The van der Waals surface area contributed by atoms with Crippen molar-refractivity contribution in [2.75, 3.05) is 5.32 Å². The van der Waals surface area contributed by atoms with E-state index in [1.165, 1.54) is 4.57 Å². The molecular weight excluding hydrogens is 244 g/mol. The number of aromatic nitrogens is 1. The third-order valence-corrected chi connectivity index (χ3v) is 2.45. The van der Waals surface area contributed by atoms with Gasteiger partial charge in [0, 0.05) is 12.6 Å². The van der Waals surface area contributed by atoms with Gasteiger partial charge in [-0.3, -0.25) is 9.59 Å². The maximum absolute atomic E-state index is 12.1. The number of amides is 1. The van der Waals surface area contributed by atoms with Crippen molar-refractivity contribution >= 4 is 11.6 Å². The number of anilines is 1. The van der Waals surface area contributed by atoms with Crippen molar-refractivity contribution in [2.24, 2.45) is 5.92 Å². The molecule has 1 aromatic rings. The van der Waals surface area contributed by atoms with Crippen LogP contribution in [0.1, 0.15) is 34.1 Å². The quantitative estimate of drug-likeness (QED) is 0.850. The maximum Gasteiger partial charge on any atom is 0.274 e. The van der Waals surface area contributed by atoms with Crippen molar-refractivity contribution < 1.29 is 9.90 Å². The first kappa shape index (κ1) is 15.4. The molecule has 0 saturated carbocycles. The molecule has 19 heavy (non-hydrogen) atoms. The van der Waals surface area contributed by atoms with Crippen LogP contribution < -0.4 is 10.9 Å². The summed E-state index contributed by atoms with van der Waals surface area (Å²) in [4.78, 5) is 23.8. The number of carbonyl (C=O) groups is 1. The van der Waals surface area contributed by atoms with Gasteiger partial charge in [-0.1, -0.05) is 13.8 Å². The van der Waals surface area contributed by atoms with Gasteiger partial charge in [0.15, 0.2) is 0 Å². The van der Waals surface area contributed by atoms with Crippen LogP contribution >= 0.6 is 0 Å². The highest BCUT2D eigenvalue weighted by Gasteiger charge is 2.16. The Labute approximate surface area is 113 Å². The Kier molecular flexibility index (Phi) is 4.89. The highest BCUT2D eigenvalue weighted by molar-refractivity contribution is 5.90. The molecule has 1 heterocycles. The van der Waals surface area contributed by atoms with Crippen molar-refractivity contribution in [3.8, 4) is 0 Å². The van der Waals surface area contributed by atoms with Crippen LogP contribution in [0.5, 0.6) is 0 Å². The van der Waals surface area contributed by atoms with Crippen molar-refractivity contribution in [2.45, 2.75) is 46.3 Å². The molecule has 0 aliphatic heterocycles. The summed E-state index contributed by atoms with van der Waals surface area (Å²) in [5, 5.41) is 12.4. The summed E-state index contributed by atoms with van der Waals surface area (Å²) < 4.78 is 1.39. The lowest BCUT2D eigenvalue weighted by Gasteiger charge is -2.19. The zero-order valence-corrected chi connectivity index (χ0v) is 11.9. The second-order valence-corrected chi connectivity index (χ2v) is 5.81. The first-order valence-electron chi connectivity index (χ1n) is 6.41. The van der Waals surface area contributed by atoms with Gasteiger partial charge in [0.05, 0.1) is 12.1 Å². The van der Waals surface area contributed by atoms with Crippen molar-refractivity contribution in [3.63, 3.8) is 0 Å². The molecule has 1 amide bonds. The van der Waals surface area contributed by atoms with E-state index in [1.807, 2.05) is 13.8 Å². The molecular formula is C14H22N2O3. The van der Waals surface area contributed by atoms with Gasteiger partial charge in [-0.15, -0.1) is 0 Å². The van der Waals surface area contributed by atoms with Crippen LogP contribution in [-0.4, -0.2) is 21.2 Å². The molecule has 2 N–H and O–H groups in total. The summed E-state index contributed by atoms with van der Waals surface area (Å²) in [6, 6.07) is 3.25. The Morgan fingerprint density at radius 2 is 2.11 bits per heavy atom. The average Bonchev–Trinajstić information content (AvgIpc) is 2.20. The highest BCUT2D eigenvalue weighted by Crippen LogP contribution is 2.07. The summed E-state index contributed by atoms with van der Waals surface area (Å²) in [6.07, 6.45) is 1.97. The minimum absolute atomic E-state index is 0.173. The molecule has 1 rings (SSSR count). The molecule has 0 atom stereocenters. The Bertz CT molecular complexity index is 498. The van der Waals surface area contributed by atoms with Gasteiger partial charge in [-0.05, 0) is 31.9 Å². The monoisotopic (exact) mass is 266 g/mol. The smallest absolute Gasteiger partial charge is 0.274 e. The molecule has 0 aliphatic carbocycles. The van der Waals surface area contributed by atoms with E-state index in [9.17, 15) is 14.7 Å². The van der Waals surface area contributed by atoms with Crippen LogP contribution in [0.25, 0.3) is 0 Å². The fourth-order valence-corrected chi connectivity index (χ4v) is 1.75. The number of nitrogens with one attached hydrogen (secondary N) is 1. The number of hydrogen-bond donors (Lipinski definition) is 2. The third-order valence-electron chi connectivity index (χ3n) is 2.45. The number of rotatable bonds is 5. The van der Waals surface area contributed by atoms with Crippen LogP contribution in [-0.2, 0) is 11.3 Å². The van der Waals surface area contributed by atoms with Crippen molar-refractivity contribution in [1.29, 1.82) is 0 Å². The Balaban J connectivity index is 2.89. The molecule has 0 unspecified atom stereocenters. The molecule has 0 aromatic carbocycles. The van der Waals surface area contributed by atoms with Gasteiger partial charge in [0.2, 0.25) is 5.91 Å². The molecule has 5 heteroatoms. The van der Waals surface area contributed by atoms with Crippen molar-refractivity contribution in [1.82, 2.24) is 4.57 Å². The van der Waals surface area contributed by atoms with Gasteiger partial charge in [-0.25, -0.2) is 0 Å². The predicted molar refractivity (Wildman–Crippen MR) is 75.1 cm³/mol. The Morgan fingerprint density at radius 1 is 1.47 bits per heavy atom. The standard InChI is InChI=1S/C14H22N2O3/c1-10(2)8-12(17)15-11-6-5-7-16(13(11)18)9-14(3,4)19/h5-7,10,19H,8-9H2,1-4H3,(H,15,17). The van der Waals surface area contributed by atoms with E-state index in [1.54, 1.807) is 32.2 Å². The van der Waals surface area contributed by atoms with E-state index in [0.717, 1.165) is 0 Å². The van der Waals surface area contributed by atoms with Crippen LogP contribution in [0.3, 0.4) is 0 Å². The largest absolute Gasteiger partial charge is 0.389 e. The molecule has 0 aliphatic rings. The van der Waals surface area contributed by atoms with E-state index in [-0.39, 0.29) is 29.6 Å². The van der Waals surface area contributed by atoms with Gasteiger partial charge < -0.3 is 15.0 Å². The zero-order chi connectivity index (χ0) is 14.6. The van der Waals surface area contributed by atoms with Crippen molar-refractivity contribution in [3.05, 3.63) is 28.7 Å². The second kappa shape index (κ2) is 6.02.